The van der Waals surface area contributed by atoms with Crippen LogP contribution in [-0.2, 0) is 6.54 Å². The van der Waals surface area contributed by atoms with Crippen molar-refractivity contribution < 1.29 is 22.5 Å². The molecule has 3 aromatic rings. The molecule has 0 radical (unpaired) electrons. The van der Waals surface area contributed by atoms with E-state index in [1.165, 1.54) is 4.57 Å². The summed E-state index contributed by atoms with van der Waals surface area (Å²) in [6, 6.07) is -0.116. The van der Waals surface area contributed by atoms with Crippen LogP contribution in [0.4, 0.5) is 13.2 Å². The summed E-state index contributed by atoms with van der Waals surface area (Å²) in [5, 5.41) is 5.69. The van der Waals surface area contributed by atoms with Crippen LogP contribution in [0.15, 0.2) is 21.6 Å². The number of amides is 1. The highest BCUT2D eigenvalue weighted by atomic mass is 19.2. The van der Waals surface area contributed by atoms with Crippen LogP contribution in [0.25, 0.3) is 10.9 Å². The maximum absolute atomic E-state index is 14.2. The van der Waals surface area contributed by atoms with Crippen LogP contribution in [0.2, 0.25) is 0 Å². The van der Waals surface area contributed by atoms with Gasteiger partial charge in [-0.3, -0.25) is 9.59 Å². The van der Waals surface area contributed by atoms with Gasteiger partial charge in [-0.15, -0.1) is 0 Å². The van der Waals surface area contributed by atoms with Crippen molar-refractivity contribution in [2.75, 3.05) is 0 Å². The van der Waals surface area contributed by atoms with Crippen molar-refractivity contribution in [2.45, 2.75) is 33.4 Å². The third kappa shape index (κ3) is 3.18. The molecule has 0 aliphatic heterocycles. The summed E-state index contributed by atoms with van der Waals surface area (Å²) in [6.07, 6.45) is 1.10. The largest absolute Gasteiger partial charge is 0.344 e. The van der Waals surface area contributed by atoms with E-state index < -0.39 is 45.7 Å². The second-order valence-electron chi connectivity index (χ2n) is 5.92. The molecule has 1 aromatic carbocycles. The number of pyridine rings is 1. The van der Waals surface area contributed by atoms with Gasteiger partial charge in [0.15, 0.2) is 23.3 Å². The first-order valence-electron chi connectivity index (χ1n) is 8.06. The second kappa shape index (κ2) is 6.86. The fourth-order valence-corrected chi connectivity index (χ4v) is 2.70. The Morgan fingerprint density at radius 1 is 1.33 bits per heavy atom. The van der Waals surface area contributed by atoms with E-state index in [2.05, 4.69) is 15.5 Å². The zero-order valence-corrected chi connectivity index (χ0v) is 14.6. The molecule has 1 N–H and O–H groups in total. The molecule has 142 valence electrons. The average molecular weight is 380 g/mol. The summed E-state index contributed by atoms with van der Waals surface area (Å²) in [5.74, 6) is -4.95. The van der Waals surface area contributed by atoms with Gasteiger partial charge in [-0.1, -0.05) is 5.16 Å². The second-order valence-corrected chi connectivity index (χ2v) is 5.92. The van der Waals surface area contributed by atoms with Crippen molar-refractivity contribution in [2.24, 2.45) is 0 Å². The Morgan fingerprint density at radius 2 is 2.04 bits per heavy atom. The predicted molar refractivity (Wildman–Crippen MR) is 88.7 cm³/mol. The normalized spacial score (nSPS) is 12.4. The molecule has 0 bridgehead atoms. The predicted octanol–water partition coefficient (Wildman–Crippen LogP) is 2.62. The summed E-state index contributed by atoms with van der Waals surface area (Å²) in [6.45, 7) is 4.90. The van der Waals surface area contributed by atoms with Gasteiger partial charge in [-0.2, -0.15) is 4.98 Å². The fraction of sp³-hybridized carbons (Fsp3) is 0.294. The van der Waals surface area contributed by atoms with Crippen molar-refractivity contribution in [3.8, 4) is 0 Å². The van der Waals surface area contributed by atoms with E-state index in [1.807, 2.05) is 0 Å². The van der Waals surface area contributed by atoms with Crippen molar-refractivity contribution in [3.63, 3.8) is 0 Å². The van der Waals surface area contributed by atoms with E-state index in [4.69, 9.17) is 4.52 Å². The SMILES string of the molecule is CCn1cc(C(=O)NC(C)c2nc(C)no2)c(=O)c2cc(F)c(F)c(F)c21. The first-order valence-corrected chi connectivity index (χ1v) is 8.06. The molecular formula is C17H15F3N4O3. The minimum Gasteiger partial charge on any atom is -0.344 e. The Morgan fingerprint density at radius 3 is 2.63 bits per heavy atom. The molecule has 0 spiro atoms. The van der Waals surface area contributed by atoms with Crippen LogP contribution in [0.3, 0.4) is 0 Å². The van der Waals surface area contributed by atoms with Gasteiger partial charge in [-0.05, 0) is 26.8 Å². The number of carbonyl (C=O) groups excluding carboxylic acids is 1. The maximum atomic E-state index is 14.2. The number of nitrogens with zero attached hydrogens (tertiary/aromatic N) is 3. The van der Waals surface area contributed by atoms with Crippen LogP contribution in [0.1, 0.15) is 42.0 Å². The van der Waals surface area contributed by atoms with E-state index >= 15 is 0 Å². The summed E-state index contributed by atoms with van der Waals surface area (Å²) in [7, 11) is 0. The molecule has 0 fully saturated rings. The van der Waals surface area contributed by atoms with Gasteiger partial charge < -0.3 is 14.4 Å². The Balaban J connectivity index is 2.09. The number of benzene rings is 1. The van der Waals surface area contributed by atoms with Crippen molar-refractivity contribution in [1.29, 1.82) is 0 Å². The Hall–Kier alpha value is -3.17. The van der Waals surface area contributed by atoms with Crippen LogP contribution < -0.4 is 10.7 Å². The molecule has 3 rings (SSSR count). The van der Waals surface area contributed by atoms with E-state index in [0.717, 1.165) is 6.20 Å². The zero-order valence-electron chi connectivity index (χ0n) is 14.6. The molecule has 0 saturated carbocycles. The molecule has 1 atom stereocenters. The van der Waals surface area contributed by atoms with Gasteiger partial charge >= 0.3 is 0 Å². The summed E-state index contributed by atoms with van der Waals surface area (Å²) >= 11 is 0. The van der Waals surface area contributed by atoms with E-state index in [1.54, 1.807) is 20.8 Å². The number of rotatable bonds is 4. The quantitative estimate of drug-likeness (QED) is 0.703. The lowest BCUT2D eigenvalue weighted by Crippen LogP contribution is -2.32. The number of carbonyl (C=O) groups is 1. The first-order chi connectivity index (χ1) is 12.7. The molecule has 7 nitrogen and oxygen atoms in total. The lowest BCUT2D eigenvalue weighted by molar-refractivity contribution is 0.0931. The fourth-order valence-electron chi connectivity index (χ4n) is 2.70. The van der Waals surface area contributed by atoms with Crippen LogP contribution in [0.5, 0.6) is 0 Å². The van der Waals surface area contributed by atoms with Crippen LogP contribution in [0, 0.1) is 24.4 Å². The highest BCUT2D eigenvalue weighted by molar-refractivity contribution is 5.97. The third-order valence-corrected chi connectivity index (χ3v) is 4.04. The smallest absolute Gasteiger partial charge is 0.257 e. The highest BCUT2D eigenvalue weighted by Gasteiger charge is 2.23. The monoisotopic (exact) mass is 380 g/mol. The van der Waals surface area contributed by atoms with E-state index in [9.17, 15) is 22.8 Å². The first kappa shape index (κ1) is 18.6. The molecule has 1 amide bonds. The average Bonchev–Trinajstić information content (AvgIpc) is 3.07. The van der Waals surface area contributed by atoms with E-state index in [-0.39, 0.29) is 18.0 Å². The van der Waals surface area contributed by atoms with Gasteiger partial charge in [0, 0.05) is 12.7 Å². The van der Waals surface area contributed by atoms with Crippen LogP contribution >= 0.6 is 0 Å². The Labute approximate surface area is 150 Å². The number of fused-ring (bicyclic) bond motifs is 1. The van der Waals surface area contributed by atoms with Gasteiger partial charge in [-0.25, -0.2) is 13.2 Å². The van der Waals surface area contributed by atoms with Crippen molar-refractivity contribution in [1.82, 2.24) is 20.0 Å². The molecule has 1 unspecified atom stereocenters. The number of aryl methyl sites for hydroxylation is 2. The van der Waals surface area contributed by atoms with Crippen molar-refractivity contribution in [3.05, 3.63) is 57.2 Å². The van der Waals surface area contributed by atoms with Gasteiger partial charge in [0.1, 0.15) is 11.6 Å². The number of nitrogens with one attached hydrogen (secondary N) is 1. The number of hydrogen-bond acceptors (Lipinski definition) is 5. The third-order valence-electron chi connectivity index (χ3n) is 4.04. The van der Waals surface area contributed by atoms with E-state index in [0.29, 0.717) is 11.9 Å². The summed E-state index contributed by atoms with van der Waals surface area (Å²) in [5.41, 5.74) is -1.67. The van der Waals surface area contributed by atoms with Gasteiger partial charge in [0.2, 0.25) is 11.3 Å². The van der Waals surface area contributed by atoms with Gasteiger partial charge in [0.05, 0.1) is 10.9 Å². The lowest BCUT2D eigenvalue weighted by Gasteiger charge is -2.14. The minimum absolute atomic E-state index is 0.122. The topological polar surface area (TPSA) is 90.0 Å². The van der Waals surface area contributed by atoms with Crippen LogP contribution in [-0.4, -0.2) is 20.6 Å². The molecule has 2 heterocycles. The molecular weight excluding hydrogens is 365 g/mol. The highest BCUT2D eigenvalue weighted by Crippen LogP contribution is 2.22. The number of hydrogen-bond donors (Lipinski definition) is 1. The molecule has 0 aliphatic carbocycles. The lowest BCUT2D eigenvalue weighted by atomic mass is 10.1. The summed E-state index contributed by atoms with van der Waals surface area (Å²) in [4.78, 5) is 29.1. The zero-order chi connectivity index (χ0) is 19.9. The number of halogens is 3. The molecule has 2 aromatic heterocycles. The molecule has 0 saturated heterocycles. The Kier molecular flexibility index (Phi) is 4.73. The molecule has 27 heavy (non-hydrogen) atoms. The summed E-state index contributed by atoms with van der Waals surface area (Å²) < 4.78 is 47.4. The van der Waals surface area contributed by atoms with Gasteiger partial charge in [0.25, 0.3) is 5.91 Å². The van der Waals surface area contributed by atoms with Crippen molar-refractivity contribution >= 4 is 16.8 Å². The number of aromatic nitrogens is 3. The standard InChI is InChI=1S/C17H15F3N4O3/c1-4-24-6-10(16(26)21-7(2)17-22-8(3)23-27-17)15(25)9-5-11(18)12(19)13(20)14(9)24/h5-7H,4H2,1-3H3,(H,21,26). The Bertz CT molecular complexity index is 1110. The minimum atomic E-state index is -1.68. The molecule has 10 heteroatoms. The molecule has 0 aliphatic rings. The maximum Gasteiger partial charge on any atom is 0.257 e.